The second-order valence-electron chi connectivity index (χ2n) is 3.93. The van der Waals surface area contributed by atoms with E-state index in [-0.39, 0.29) is 18.4 Å². The summed E-state index contributed by atoms with van der Waals surface area (Å²) in [7, 11) is 0. The van der Waals surface area contributed by atoms with Crippen LogP contribution in [0.1, 0.15) is 31.9 Å². The molecule has 1 rings (SSSR count). The number of nitrogens with zero attached hydrogens (tertiary/aromatic N) is 1. The van der Waals surface area contributed by atoms with Gasteiger partial charge in [0.05, 0.1) is 6.54 Å². The summed E-state index contributed by atoms with van der Waals surface area (Å²) >= 11 is 0. The van der Waals surface area contributed by atoms with Crippen molar-refractivity contribution in [1.29, 1.82) is 0 Å². The van der Waals surface area contributed by atoms with E-state index in [1.165, 1.54) is 12.1 Å². The van der Waals surface area contributed by atoms with E-state index >= 15 is 0 Å². The van der Waals surface area contributed by atoms with Gasteiger partial charge in [-0.1, -0.05) is 26.0 Å². The van der Waals surface area contributed by atoms with Gasteiger partial charge in [0, 0.05) is 6.04 Å². The van der Waals surface area contributed by atoms with Gasteiger partial charge in [0.15, 0.2) is 0 Å². The Labute approximate surface area is 101 Å². The zero-order valence-electron chi connectivity index (χ0n) is 10.2. The highest BCUT2D eigenvalue weighted by atomic mass is 19.1. The fourth-order valence-electron chi connectivity index (χ4n) is 2.01. The molecule has 1 N–H and O–H groups in total. The SMILES string of the molecule is CCC(c1ccc(F)cc1)N(CC)CC(=O)O. The third kappa shape index (κ3) is 3.82. The van der Waals surface area contributed by atoms with Gasteiger partial charge < -0.3 is 5.11 Å². The van der Waals surface area contributed by atoms with Gasteiger partial charge in [-0.25, -0.2) is 4.39 Å². The summed E-state index contributed by atoms with van der Waals surface area (Å²) < 4.78 is 12.8. The third-order valence-electron chi connectivity index (χ3n) is 2.83. The Hall–Kier alpha value is -1.42. The van der Waals surface area contributed by atoms with Crippen molar-refractivity contribution in [2.24, 2.45) is 0 Å². The van der Waals surface area contributed by atoms with Crippen LogP contribution in [0.3, 0.4) is 0 Å². The number of halogens is 1. The first-order valence-corrected chi connectivity index (χ1v) is 5.79. The van der Waals surface area contributed by atoms with Gasteiger partial charge >= 0.3 is 5.97 Å². The Kier molecular flexibility index (Phi) is 5.10. The van der Waals surface area contributed by atoms with Crippen LogP contribution >= 0.6 is 0 Å². The molecule has 0 spiro atoms. The van der Waals surface area contributed by atoms with E-state index < -0.39 is 5.97 Å². The predicted molar refractivity (Wildman–Crippen MR) is 64.3 cm³/mol. The molecule has 1 unspecified atom stereocenters. The molecule has 1 aromatic carbocycles. The summed E-state index contributed by atoms with van der Waals surface area (Å²) in [6.07, 6.45) is 0.798. The lowest BCUT2D eigenvalue weighted by atomic mass is 10.0. The molecule has 0 aliphatic rings. The highest BCUT2D eigenvalue weighted by molar-refractivity contribution is 5.69. The number of hydrogen-bond acceptors (Lipinski definition) is 2. The van der Waals surface area contributed by atoms with Crippen LogP contribution in [-0.2, 0) is 4.79 Å². The normalized spacial score (nSPS) is 12.7. The standard InChI is InChI=1S/C13H18FNO2/c1-3-12(15(4-2)9-13(16)17)10-5-7-11(14)8-6-10/h5-8,12H,3-4,9H2,1-2H3,(H,16,17). The molecule has 0 aliphatic heterocycles. The number of likely N-dealkylation sites (N-methyl/N-ethyl adjacent to an activating group) is 1. The molecule has 94 valence electrons. The highest BCUT2D eigenvalue weighted by Crippen LogP contribution is 2.23. The van der Waals surface area contributed by atoms with Crippen LogP contribution in [0.15, 0.2) is 24.3 Å². The van der Waals surface area contributed by atoms with Crippen LogP contribution < -0.4 is 0 Å². The Bertz CT molecular complexity index is 364. The Balaban J connectivity index is 2.88. The molecule has 0 aliphatic carbocycles. The molecule has 0 heterocycles. The molecule has 1 aromatic rings. The van der Waals surface area contributed by atoms with Crippen molar-refractivity contribution < 1.29 is 14.3 Å². The zero-order valence-corrected chi connectivity index (χ0v) is 10.2. The van der Waals surface area contributed by atoms with Crippen molar-refractivity contribution in [2.45, 2.75) is 26.3 Å². The fraction of sp³-hybridized carbons (Fsp3) is 0.462. The molecule has 0 bridgehead atoms. The van der Waals surface area contributed by atoms with Crippen molar-refractivity contribution in [3.63, 3.8) is 0 Å². The maximum absolute atomic E-state index is 12.8. The van der Waals surface area contributed by atoms with Gasteiger partial charge in [-0.15, -0.1) is 0 Å². The van der Waals surface area contributed by atoms with Crippen LogP contribution in [0.5, 0.6) is 0 Å². The second-order valence-corrected chi connectivity index (χ2v) is 3.93. The second kappa shape index (κ2) is 6.35. The Morgan fingerprint density at radius 3 is 2.35 bits per heavy atom. The average Bonchev–Trinajstić information content (AvgIpc) is 2.30. The number of carboxylic acids is 1. The van der Waals surface area contributed by atoms with E-state index in [4.69, 9.17) is 5.11 Å². The average molecular weight is 239 g/mol. The molecule has 17 heavy (non-hydrogen) atoms. The molecule has 4 heteroatoms. The van der Waals surface area contributed by atoms with Crippen LogP contribution in [0.4, 0.5) is 4.39 Å². The molecular weight excluding hydrogens is 221 g/mol. The molecule has 0 saturated heterocycles. The van der Waals surface area contributed by atoms with Gasteiger partial charge in [-0.05, 0) is 30.7 Å². The largest absolute Gasteiger partial charge is 0.480 e. The lowest BCUT2D eigenvalue weighted by molar-refractivity contribution is -0.138. The van der Waals surface area contributed by atoms with E-state index in [0.29, 0.717) is 6.54 Å². The molecular formula is C13H18FNO2. The summed E-state index contributed by atoms with van der Waals surface area (Å²) in [5.41, 5.74) is 0.956. The van der Waals surface area contributed by atoms with Crippen LogP contribution in [0, 0.1) is 5.82 Å². The lowest BCUT2D eigenvalue weighted by Gasteiger charge is -2.28. The topological polar surface area (TPSA) is 40.5 Å². The number of aliphatic carboxylic acids is 1. The molecule has 0 fully saturated rings. The summed E-state index contributed by atoms with van der Waals surface area (Å²) in [4.78, 5) is 12.6. The first-order valence-electron chi connectivity index (χ1n) is 5.79. The number of carbonyl (C=O) groups is 1. The summed E-state index contributed by atoms with van der Waals surface area (Å²) in [5.74, 6) is -1.11. The summed E-state index contributed by atoms with van der Waals surface area (Å²) in [6.45, 7) is 4.59. The minimum absolute atomic E-state index is 0.00633. The highest BCUT2D eigenvalue weighted by Gasteiger charge is 2.19. The first kappa shape index (κ1) is 13.6. The number of rotatable bonds is 6. The Morgan fingerprint density at radius 2 is 1.94 bits per heavy atom. The van der Waals surface area contributed by atoms with Gasteiger partial charge in [-0.2, -0.15) is 0 Å². The van der Waals surface area contributed by atoms with Gasteiger partial charge in [-0.3, -0.25) is 9.69 Å². The minimum atomic E-state index is -0.840. The first-order chi connectivity index (χ1) is 8.08. The van der Waals surface area contributed by atoms with Crippen molar-refractivity contribution >= 4 is 5.97 Å². The molecule has 0 radical (unpaired) electrons. The molecule has 0 amide bonds. The van der Waals surface area contributed by atoms with Crippen molar-refractivity contribution in [3.8, 4) is 0 Å². The lowest BCUT2D eigenvalue weighted by Crippen LogP contribution is -2.33. The number of benzene rings is 1. The van der Waals surface area contributed by atoms with Crippen LogP contribution in [0.2, 0.25) is 0 Å². The van der Waals surface area contributed by atoms with E-state index in [9.17, 15) is 9.18 Å². The van der Waals surface area contributed by atoms with E-state index in [1.807, 2.05) is 18.7 Å². The smallest absolute Gasteiger partial charge is 0.317 e. The van der Waals surface area contributed by atoms with E-state index in [0.717, 1.165) is 12.0 Å². The Morgan fingerprint density at radius 1 is 1.35 bits per heavy atom. The third-order valence-corrected chi connectivity index (χ3v) is 2.83. The summed E-state index contributed by atoms with van der Waals surface area (Å²) in [6, 6.07) is 6.28. The van der Waals surface area contributed by atoms with Crippen molar-refractivity contribution in [1.82, 2.24) is 4.90 Å². The van der Waals surface area contributed by atoms with E-state index in [1.54, 1.807) is 12.1 Å². The molecule has 0 saturated carbocycles. The maximum Gasteiger partial charge on any atom is 0.317 e. The molecule has 0 aromatic heterocycles. The number of carboxylic acid groups (broad SMARTS) is 1. The quantitative estimate of drug-likeness (QED) is 0.829. The molecule has 3 nitrogen and oxygen atoms in total. The number of hydrogen-bond donors (Lipinski definition) is 1. The van der Waals surface area contributed by atoms with Crippen LogP contribution in [-0.4, -0.2) is 29.1 Å². The molecule has 1 atom stereocenters. The van der Waals surface area contributed by atoms with Crippen molar-refractivity contribution in [3.05, 3.63) is 35.6 Å². The van der Waals surface area contributed by atoms with Gasteiger partial charge in [0.2, 0.25) is 0 Å². The van der Waals surface area contributed by atoms with E-state index in [2.05, 4.69) is 0 Å². The van der Waals surface area contributed by atoms with Crippen molar-refractivity contribution in [2.75, 3.05) is 13.1 Å². The van der Waals surface area contributed by atoms with Crippen LogP contribution in [0.25, 0.3) is 0 Å². The predicted octanol–water partition coefficient (Wildman–Crippen LogP) is 2.68. The van der Waals surface area contributed by atoms with Gasteiger partial charge in [0.25, 0.3) is 0 Å². The maximum atomic E-state index is 12.8. The van der Waals surface area contributed by atoms with Gasteiger partial charge in [0.1, 0.15) is 5.82 Å². The summed E-state index contributed by atoms with van der Waals surface area (Å²) in [5, 5.41) is 8.85. The monoisotopic (exact) mass is 239 g/mol. The minimum Gasteiger partial charge on any atom is -0.480 e. The zero-order chi connectivity index (χ0) is 12.8. The fourth-order valence-corrected chi connectivity index (χ4v) is 2.01.